The molecule has 3 nitrogen and oxygen atoms in total. The summed E-state index contributed by atoms with van der Waals surface area (Å²) < 4.78 is 0. The summed E-state index contributed by atoms with van der Waals surface area (Å²) >= 11 is 0. The van der Waals surface area contributed by atoms with Crippen molar-refractivity contribution in [2.45, 2.75) is 13.8 Å². The molecule has 0 unspecified atom stereocenters. The predicted molar refractivity (Wildman–Crippen MR) is 60.8 cm³/mol. The minimum absolute atomic E-state index is 0.157. The lowest BCUT2D eigenvalue weighted by Crippen LogP contribution is -2.28. The van der Waals surface area contributed by atoms with Gasteiger partial charge in [0.15, 0.2) is 0 Å². The van der Waals surface area contributed by atoms with Gasteiger partial charge >= 0.3 is 0 Å². The van der Waals surface area contributed by atoms with E-state index in [0.717, 1.165) is 19.8 Å². The van der Waals surface area contributed by atoms with E-state index in [4.69, 9.17) is 0 Å². The van der Waals surface area contributed by atoms with Crippen LogP contribution >= 0.6 is 0 Å². The van der Waals surface area contributed by atoms with Crippen molar-refractivity contribution in [1.82, 2.24) is 4.90 Å². The Labute approximate surface area is 90.3 Å². The summed E-state index contributed by atoms with van der Waals surface area (Å²) in [5.41, 5.74) is 2.46. The third-order valence-corrected chi connectivity index (χ3v) is 2.83. The summed E-state index contributed by atoms with van der Waals surface area (Å²) in [5.74, 6) is 0.157. The number of benzene rings is 1. The minimum atomic E-state index is 0.157. The molecule has 3 heteroatoms. The number of aryl methyl sites for hydroxylation is 1. The number of nitrogens with zero attached hydrogens (tertiary/aromatic N) is 2. The van der Waals surface area contributed by atoms with E-state index in [9.17, 15) is 4.79 Å². The van der Waals surface area contributed by atoms with E-state index in [1.54, 1.807) is 6.92 Å². The topological polar surface area (TPSA) is 23.6 Å². The fraction of sp³-hybridized carbons (Fsp3) is 0.417. The molecule has 15 heavy (non-hydrogen) atoms. The fourth-order valence-electron chi connectivity index (χ4n) is 1.81. The zero-order valence-corrected chi connectivity index (χ0v) is 9.23. The SMILES string of the molecule is CC(=O)N1CCN(c2ccc(C)cc2)C1. The molecule has 0 N–H and O–H groups in total. The molecule has 0 spiro atoms. The van der Waals surface area contributed by atoms with Crippen LogP contribution in [-0.2, 0) is 4.79 Å². The molecule has 1 amide bonds. The van der Waals surface area contributed by atoms with E-state index in [1.165, 1.54) is 11.3 Å². The molecule has 80 valence electrons. The summed E-state index contributed by atoms with van der Waals surface area (Å²) in [5, 5.41) is 0. The van der Waals surface area contributed by atoms with E-state index in [-0.39, 0.29) is 5.91 Å². The molecule has 0 aliphatic carbocycles. The lowest BCUT2D eigenvalue weighted by Gasteiger charge is -2.19. The van der Waals surface area contributed by atoms with Gasteiger partial charge in [0.2, 0.25) is 5.91 Å². The number of carbonyl (C=O) groups is 1. The van der Waals surface area contributed by atoms with E-state index < -0.39 is 0 Å². The standard InChI is InChI=1S/C12H16N2O/c1-10-3-5-12(6-4-10)14-8-7-13(9-14)11(2)15/h3-6H,7-9H2,1-2H3. The molecule has 1 saturated heterocycles. The number of hydrogen-bond donors (Lipinski definition) is 0. The summed E-state index contributed by atoms with van der Waals surface area (Å²) in [7, 11) is 0. The molecule has 1 aliphatic heterocycles. The van der Waals surface area contributed by atoms with Crippen LogP contribution in [0.25, 0.3) is 0 Å². The van der Waals surface area contributed by atoms with Crippen molar-refractivity contribution >= 4 is 11.6 Å². The average Bonchev–Trinajstić information content (AvgIpc) is 2.68. The molecule has 0 saturated carbocycles. The van der Waals surface area contributed by atoms with Crippen LogP contribution in [0.15, 0.2) is 24.3 Å². The van der Waals surface area contributed by atoms with Gasteiger partial charge in [0.25, 0.3) is 0 Å². The predicted octanol–water partition coefficient (Wildman–Crippen LogP) is 1.62. The third-order valence-electron chi connectivity index (χ3n) is 2.83. The number of amides is 1. The maximum atomic E-state index is 11.2. The smallest absolute Gasteiger partial charge is 0.220 e. The van der Waals surface area contributed by atoms with Gasteiger partial charge in [-0.3, -0.25) is 4.79 Å². The quantitative estimate of drug-likeness (QED) is 0.694. The highest BCUT2D eigenvalue weighted by atomic mass is 16.2. The van der Waals surface area contributed by atoms with Gasteiger partial charge in [-0.15, -0.1) is 0 Å². The van der Waals surface area contributed by atoms with Crippen molar-refractivity contribution < 1.29 is 4.79 Å². The molecule has 1 heterocycles. The maximum absolute atomic E-state index is 11.2. The lowest BCUT2D eigenvalue weighted by molar-refractivity contribution is -0.127. The third kappa shape index (κ3) is 2.12. The Morgan fingerprint density at radius 3 is 2.40 bits per heavy atom. The first-order valence-corrected chi connectivity index (χ1v) is 5.24. The molecule has 0 radical (unpaired) electrons. The highest BCUT2D eigenvalue weighted by Gasteiger charge is 2.21. The first-order valence-electron chi connectivity index (χ1n) is 5.24. The summed E-state index contributed by atoms with van der Waals surface area (Å²) in [6.07, 6.45) is 0. The average molecular weight is 204 g/mol. The second-order valence-electron chi connectivity index (χ2n) is 4.02. The van der Waals surface area contributed by atoms with Crippen LogP contribution in [0, 0.1) is 6.92 Å². The van der Waals surface area contributed by atoms with Gasteiger partial charge in [0, 0.05) is 25.7 Å². The van der Waals surface area contributed by atoms with Gasteiger partial charge in [-0.1, -0.05) is 17.7 Å². The zero-order valence-electron chi connectivity index (χ0n) is 9.23. The summed E-state index contributed by atoms with van der Waals surface area (Å²) in [6.45, 7) is 6.19. The van der Waals surface area contributed by atoms with E-state index in [1.807, 2.05) is 4.90 Å². The first kappa shape index (κ1) is 10.0. The van der Waals surface area contributed by atoms with Gasteiger partial charge in [-0.25, -0.2) is 0 Å². The monoisotopic (exact) mass is 204 g/mol. The van der Waals surface area contributed by atoms with E-state index >= 15 is 0 Å². The van der Waals surface area contributed by atoms with Crippen LogP contribution in [0.4, 0.5) is 5.69 Å². The van der Waals surface area contributed by atoms with Crippen molar-refractivity contribution in [3.63, 3.8) is 0 Å². The van der Waals surface area contributed by atoms with Crippen LogP contribution in [-0.4, -0.2) is 30.6 Å². The molecular formula is C12H16N2O. The first-order chi connectivity index (χ1) is 7.16. The van der Waals surface area contributed by atoms with Crippen LogP contribution in [0.3, 0.4) is 0 Å². The van der Waals surface area contributed by atoms with Crippen molar-refractivity contribution in [2.75, 3.05) is 24.7 Å². The minimum Gasteiger partial charge on any atom is -0.352 e. The number of anilines is 1. The van der Waals surface area contributed by atoms with E-state index in [0.29, 0.717) is 0 Å². The van der Waals surface area contributed by atoms with Crippen LogP contribution in [0.1, 0.15) is 12.5 Å². The Bertz CT molecular complexity index is 358. The second kappa shape index (κ2) is 3.93. The molecule has 0 bridgehead atoms. The van der Waals surface area contributed by atoms with Crippen molar-refractivity contribution in [1.29, 1.82) is 0 Å². The molecule has 1 fully saturated rings. The number of rotatable bonds is 1. The Morgan fingerprint density at radius 1 is 1.20 bits per heavy atom. The van der Waals surface area contributed by atoms with Gasteiger partial charge in [0.05, 0.1) is 6.67 Å². The molecule has 2 rings (SSSR count). The Morgan fingerprint density at radius 2 is 1.87 bits per heavy atom. The van der Waals surface area contributed by atoms with Gasteiger partial charge in [-0.2, -0.15) is 0 Å². The summed E-state index contributed by atoms with van der Waals surface area (Å²) in [6, 6.07) is 8.43. The lowest BCUT2D eigenvalue weighted by atomic mass is 10.2. The molecule has 1 aromatic carbocycles. The Kier molecular flexibility index (Phi) is 2.62. The second-order valence-corrected chi connectivity index (χ2v) is 4.02. The Balaban J connectivity index is 2.07. The van der Waals surface area contributed by atoms with Crippen molar-refractivity contribution in [3.8, 4) is 0 Å². The molecule has 0 aromatic heterocycles. The molecular weight excluding hydrogens is 188 g/mol. The number of carbonyl (C=O) groups excluding carboxylic acids is 1. The van der Waals surface area contributed by atoms with Crippen molar-refractivity contribution in [3.05, 3.63) is 29.8 Å². The highest BCUT2D eigenvalue weighted by molar-refractivity contribution is 5.74. The number of hydrogen-bond acceptors (Lipinski definition) is 2. The fourth-order valence-corrected chi connectivity index (χ4v) is 1.81. The summed E-state index contributed by atoms with van der Waals surface area (Å²) in [4.78, 5) is 15.3. The van der Waals surface area contributed by atoms with Crippen LogP contribution in [0.2, 0.25) is 0 Å². The molecule has 1 aromatic rings. The maximum Gasteiger partial charge on any atom is 0.220 e. The van der Waals surface area contributed by atoms with Crippen LogP contribution in [0.5, 0.6) is 0 Å². The van der Waals surface area contributed by atoms with Gasteiger partial charge < -0.3 is 9.80 Å². The van der Waals surface area contributed by atoms with Gasteiger partial charge in [0.1, 0.15) is 0 Å². The zero-order chi connectivity index (χ0) is 10.8. The molecule has 0 atom stereocenters. The molecule has 1 aliphatic rings. The Hall–Kier alpha value is -1.51. The van der Waals surface area contributed by atoms with Crippen molar-refractivity contribution in [2.24, 2.45) is 0 Å². The normalized spacial score (nSPS) is 15.9. The van der Waals surface area contributed by atoms with Crippen LogP contribution < -0.4 is 4.90 Å². The van der Waals surface area contributed by atoms with Gasteiger partial charge in [-0.05, 0) is 19.1 Å². The highest BCUT2D eigenvalue weighted by Crippen LogP contribution is 2.18. The van der Waals surface area contributed by atoms with E-state index in [2.05, 4.69) is 36.1 Å². The largest absolute Gasteiger partial charge is 0.352 e.